The minimum absolute atomic E-state index is 0.214. The molecule has 7 nitrogen and oxygen atoms in total. The Morgan fingerprint density at radius 1 is 0.644 bits per heavy atom. The fraction of sp³-hybridized carbons (Fsp3) is 0.553. The molecule has 2 aromatic rings. The molecule has 0 bridgehead atoms. The van der Waals surface area contributed by atoms with E-state index in [1.165, 1.54) is 44.1 Å². The van der Waals surface area contributed by atoms with Crippen LogP contribution in [0.15, 0.2) is 60.4 Å². The van der Waals surface area contributed by atoms with E-state index in [-0.39, 0.29) is 30.6 Å². The maximum absolute atomic E-state index is 13.1. The van der Waals surface area contributed by atoms with Gasteiger partial charge < -0.3 is 19.5 Å². The second-order valence-electron chi connectivity index (χ2n) is 11.6. The summed E-state index contributed by atoms with van der Waals surface area (Å²) in [5.74, 6) is -1.81. The summed E-state index contributed by atoms with van der Waals surface area (Å²) < 4.78 is 16.6. The number of amides is 1. The number of carbonyl (C=O) groups is 3. The quantitative estimate of drug-likeness (QED) is 0.0543. The molecule has 7 heteroatoms. The van der Waals surface area contributed by atoms with Crippen LogP contribution < -0.4 is 10.1 Å². The molecule has 0 radical (unpaired) electrons. The lowest BCUT2D eigenvalue weighted by molar-refractivity contribution is -0.143. The summed E-state index contributed by atoms with van der Waals surface area (Å²) in [6, 6.07) is 14.4. The van der Waals surface area contributed by atoms with Crippen molar-refractivity contribution in [2.24, 2.45) is 0 Å². The van der Waals surface area contributed by atoms with Gasteiger partial charge in [0.05, 0.1) is 25.0 Å². The van der Waals surface area contributed by atoms with Gasteiger partial charge in [0.25, 0.3) is 5.91 Å². The molecule has 0 unspecified atom stereocenters. The van der Waals surface area contributed by atoms with Crippen molar-refractivity contribution in [1.29, 1.82) is 0 Å². The Kier molecular flexibility index (Phi) is 19.8. The first-order chi connectivity index (χ1) is 22.0. The maximum atomic E-state index is 13.1. The van der Waals surface area contributed by atoms with E-state index in [4.69, 9.17) is 14.2 Å². The molecule has 0 fully saturated rings. The summed E-state index contributed by atoms with van der Waals surface area (Å²) in [4.78, 5) is 38.6. The number of aryl methyl sites for hydroxylation is 1. The smallest absolute Gasteiger partial charge is 0.374 e. The molecule has 2 rings (SSSR count). The van der Waals surface area contributed by atoms with Crippen molar-refractivity contribution in [2.45, 2.75) is 124 Å². The number of para-hydroxylation sites is 2. The van der Waals surface area contributed by atoms with E-state index in [0.717, 1.165) is 70.3 Å². The lowest BCUT2D eigenvalue weighted by atomic mass is 10.0. The fourth-order valence-corrected chi connectivity index (χ4v) is 4.83. The minimum atomic E-state index is -0.757. The van der Waals surface area contributed by atoms with Crippen LogP contribution in [-0.4, -0.2) is 31.1 Å². The number of rotatable bonds is 24. The predicted octanol–water partition coefficient (Wildman–Crippen LogP) is 9.74. The zero-order chi connectivity index (χ0) is 32.5. The van der Waals surface area contributed by atoms with Gasteiger partial charge in [0.1, 0.15) is 0 Å². The molecule has 0 saturated carbocycles. The zero-order valence-corrected chi connectivity index (χ0v) is 27.9. The number of carbonyl (C=O) groups excluding carboxylic acids is 3. The van der Waals surface area contributed by atoms with Crippen molar-refractivity contribution < 1.29 is 28.6 Å². The number of anilines is 1. The van der Waals surface area contributed by atoms with Crippen LogP contribution in [0, 0.1) is 0 Å². The van der Waals surface area contributed by atoms with Crippen LogP contribution >= 0.6 is 0 Å². The van der Waals surface area contributed by atoms with Gasteiger partial charge in [-0.15, -0.1) is 0 Å². The third-order valence-electron chi connectivity index (χ3n) is 7.56. The lowest BCUT2D eigenvalue weighted by Gasteiger charge is -2.14. The van der Waals surface area contributed by atoms with E-state index in [1.807, 2.05) is 24.3 Å². The summed E-state index contributed by atoms with van der Waals surface area (Å²) in [7, 11) is 0. The highest BCUT2D eigenvalue weighted by Crippen LogP contribution is 2.27. The largest absolute Gasteiger partial charge is 0.462 e. The molecular formula is C38H55NO6. The molecule has 0 spiro atoms. The molecule has 0 heterocycles. The number of benzene rings is 2. The van der Waals surface area contributed by atoms with Gasteiger partial charge in [-0.2, -0.15) is 0 Å². The van der Waals surface area contributed by atoms with E-state index < -0.39 is 11.9 Å². The Bertz CT molecular complexity index is 1160. The minimum Gasteiger partial charge on any atom is -0.462 e. The van der Waals surface area contributed by atoms with Gasteiger partial charge in [-0.25, -0.2) is 9.59 Å². The van der Waals surface area contributed by atoms with Crippen LogP contribution in [-0.2, 0) is 25.5 Å². The van der Waals surface area contributed by atoms with Crippen LogP contribution in [0.25, 0.3) is 0 Å². The Morgan fingerprint density at radius 3 is 1.84 bits per heavy atom. The van der Waals surface area contributed by atoms with E-state index in [2.05, 4.69) is 26.1 Å². The van der Waals surface area contributed by atoms with Crippen molar-refractivity contribution in [3.8, 4) is 5.75 Å². The van der Waals surface area contributed by atoms with Crippen LogP contribution in [0.2, 0.25) is 0 Å². The molecule has 0 saturated heterocycles. The van der Waals surface area contributed by atoms with Crippen LogP contribution in [0.3, 0.4) is 0 Å². The Labute approximate surface area is 271 Å². The normalized spacial score (nSPS) is 11.2. The number of hydrogen-bond donors (Lipinski definition) is 1. The van der Waals surface area contributed by atoms with Crippen molar-refractivity contribution in [3.63, 3.8) is 0 Å². The van der Waals surface area contributed by atoms with Gasteiger partial charge in [0, 0.05) is 5.56 Å². The van der Waals surface area contributed by atoms with Crippen molar-refractivity contribution in [1.82, 2.24) is 0 Å². The third kappa shape index (κ3) is 16.3. The number of hydrogen-bond acceptors (Lipinski definition) is 6. The monoisotopic (exact) mass is 621 g/mol. The molecule has 45 heavy (non-hydrogen) atoms. The highest BCUT2D eigenvalue weighted by atomic mass is 16.6. The lowest BCUT2D eigenvalue weighted by Crippen LogP contribution is -2.18. The Morgan fingerprint density at radius 2 is 1.20 bits per heavy atom. The van der Waals surface area contributed by atoms with Gasteiger partial charge in [0.2, 0.25) is 5.76 Å². The molecule has 0 aliphatic heterocycles. The molecule has 0 aromatic heterocycles. The van der Waals surface area contributed by atoms with Gasteiger partial charge >= 0.3 is 11.9 Å². The molecule has 0 aliphatic carbocycles. The SMILES string of the molecule is CCCCCCCCCc1ccc(C(=O)Nc2ccccc2O/C(=C\C(=O)OCCCCCC)C(=O)OCCCCCC)cc1. The molecule has 2 aromatic carbocycles. The van der Waals surface area contributed by atoms with Crippen molar-refractivity contribution >= 4 is 23.5 Å². The second-order valence-corrected chi connectivity index (χ2v) is 11.6. The topological polar surface area (TPSA) is 90.9 Å². The van der Waals surface area contributed by atoms with Crippen LogP contribution in [0.1, 0.15) is 133 Å². The third-order valence-corrected chi connectivity index (χ3v) is 7.56. The zero-order valence-electron chi connectivity index (χ0n) is 27.9. The van der Waals surface area contributed by atoms with Gasteiger partial charge in [-0.05, 0) is 55.5 Å². The number of ether oxygens (including phenoxy) is 3. The fourth-order valence-electron chi connectivity index (χ4n) is 4.83. The first kappa shape index (κ1) is 37.6. The van der Waals surface area contributed by atoms with Crippen molar-refractivity contribution in [2.75, 3.05) is 18.5 Å². The van der Waals surface area contributed by atoms with Crippen LogP contribution in [0.4, 0.5) is 5.69 Å². The average Bonchev–Trinajstić information content (AvgIpc) is 3.04. The number of unbranched alkanes of at least 4 members (excludes halogenated alkanes) is 12. The average molecular weight is 622 g/mol. The van der Waals surface area contributed by atoms with E-state index in [1.54, 1.807) is 24.3 Å². The van der Waals surface area contributed by atoms with Crippen molar-refractivity contribution in [3.05, 3.63) is 71.5 Å². The standard InChI is InChI=1S/C38H55NO6/c1-4-7-10-13-14-15-16-21-31-24-26-32(27-25-31)37(41)39-33-22-17-18-23-34(33)45-35(38(42)44-29-20-12-9-6-3)30-36(40)43-28-19-11-8-5-2/h17-18,22-27,30H,4-16,19-21,28-29H2,1-3H3,(H,39,41)/b35-30-. The van der Waals surface area contributed by atoms with Gasteiger partial charge in [-0.3, -0.25) is 4.79 Å². The first-order valence-corrected chi connectivity index (χ1v) is 17.2. The van der Waals surface area contributed by atoms with E-state index >= 15 is 0 Å². The molecule has 248 valence electrons. The van der Waals surface area contributed by atoms with Gasteiger partial charge in [-0.1, -0.05) is 122 Å². The molecule has 1 amide bonds. The first-order valence-electron chi connectivity index (χ1n) is 17.2. The maximum Gasteiger partial charge on any atom is 0.374 e. The van der Waals surface area contributed by atoms with Crippen LogP contribution in [0.5, 0.6) is 5.75 Å². The molecule has 0 atom stereocenters. The Balaban J connectivity index is 2.04. The summed E-state index contributed by atoms with van der Waals surface area (Å²) in [6.45, 7) is 6.94. The predicted molar refractivity (Wildman–Crippen MR) is 181 cm³/mol. The van der Waals surface area contributed by atoms with Gasteiger partial charge in [0.15, 0.2) is 5.75 Å². The molecule has 0 aliphatic rings. The number of esters is 2. The highest BCUT2D eigenvalue weighted by molar-refractivity contribution is 6.05. The summed E-state index contributed by atoms with van der Waals surface area (Å²) in [6.07, 6.45) is 18.5. The van der Waals surface area contributed by atoms with E-state index in [0.29, 0.717) is 11.3 Å². The summed E-state index contributed by atoms with van der Waals surface area (Å²) >= 11 is 0. The highest BCUT2D eigenvalue weighted by Gasteiger charge is 2.19. The Hall–Kier alpha value is -3.61. The molecule has 1 N–H and O–H groups in total. The molecular weight excluding hydrogens is 566 g/mol. The summed E-state index contributed by atoms with van der Waals surface area (Å²) in [5, 5.41) is 2.88. The second kappa shape index (κ2) is 23.7. The summed E-state index contributed by atoms with van der Waals surface area (Å²) in [5.41, 5.74) is 2.09. The number of nitrogens with one attached hydrogen (secondary N) is 1. The van der Waals surface area contributed by atoms with E-state index in [9.17, 15) is 14.4 Å².